The van der Waals surface area contributed by atoms with Gasteiger partial charge in [-0.2, -0.15) is 0 Å². The van der Waals surface area contributed by atoms with Crippen molar-refractivity contribution in [3.8, 4) is 0 Å². The second-order valence-electron chi connectivity index (χ2n) is 8.03. The SMILES string of the molecule is CCCCCCCCCCCCCCCCN.Cc1ccc2ccccc2n1.Cl. The molecule has 1 heterocycles. The maximum atomic E-state index is 5.47. The van der Waals surface area contributed by atoms with Crippen molar-refractivity contribution in [2.24, 2.45) is 5.73 Å². The van der Waals surface area contributed by atoms with E-state index in [2.05, 4.69) is 24.0 Å². The molecule has 29 heavy (non-hydrogen) atoms. The van der Waals surface area contributed by atoms with Crippen LogP contribution in [0.5, 0.6) is 0 Å². The van der Waals surface area contributed by atoms with Crippen molar-refractivity contribution in [3.63, 3.8) is 0 Å². The number of fused-ring (bicyclic) bond motifs is 1. The Balaban J connectivity index is 0.000000560. The smallest absolute Gasteiger partial charge is 0.0705 e. The van der Waals surface area contributed by atoms with Crippen LogP contribution in [0, 0.1) is 6.92 Å². The summed E-state index contributed by atoms with van der Waals surface area (Å²) in [5.41, 5.74) is 7.62. The number of benzene rings is 1. The minimum atomic E-state index is 0. The van der Waals surface area contributed by atoms with E-state index in [0.717, 1.165) is 17.8 Å². The summed E-state index contributed by atoms with van der Waals surface area (Å²) in [7, 11) is 0. The molecule has 0 unspecified atom stereocenters. The predicted octanol–water partition coefficient (Wildman–Crippen LogP) is 8.39. The third kappa shape index (κ3) is 15.4. The van der Waals surface area contributed by atoms with Crippen LogP contribution in [0.1, 0.15) is 103 Å². The fourth-order valence-electron chi connectivity index (χ4n) is 3.51. The van der Waals surface area contributed by atoms with Gasteiger partial charge in [0.05, 0.1) is 5.52 Å². The Morgan fingerprint density at radius 3 is 1.66 bits per heavy atom. The second kappa shape index (κ2) is 20.2. The second-order valence-corrected chi connectivity index (χ2v) is 8.03. The summed E-state index contributed by atoms with van der Waals surface area (Å²) in [6.45, 7) is 5.16. The van der Waals surface area contributed by atoms with Gasteiger partial charge in [-0.05, 0) is 32.0 Å². The first-order chi connectivity index (χ1) is 13.8. The third-order valence-electron chi connectivity index (χ3n) is 5.30. The maximum Gasteiger partial charge on any atom is 0.0705 e. The quantitative estimate of drug-likeness (QED) is 0.311. The molecule has 0 fully saturated rings. The molecule has 1 aromatic heterocycles. The molecule has 0 bridgehead atoms. The van der Waals surface area contributed by atoms with E-state index >= 15 is 0 Å². The minimum Gasteiger partial charge on any atom is -0.330 e. The lowest BCUT2D eigenvalue weighted by Crippen LogP contribution is -1.97. The molecule has 2 rings (SSSR count). The van der Waals surface area contributed by atoms with Crippen LogP contribution in [0.2, 0.25) is 0 Å². The Labute approximate surface area is 186 Å². The molecule has 166 valence electrons. The lowest BCUT2D eigenvalue weighted by molar-refractivity contribution is 0.536. The highest BCUT2D eigenvalue weighted by Gasteiger charge is 1.93. The highest BCUT2D eigenvalue weighted by molar-refractivity contribution is 5.85. The van der Waals surface area contributed by atoms with Crippen LogP contribution in [-0.2, 0) is 0 Å². The van der Waals surface area contributed by atoms with Gasteiger partial charge in [0, 0.05) is 11.1 Å². The molecule has 0 aliphatic carbocycles. The fourth-order valence-corrected chi connectivity index (χ4v) is 3.51. The number of halogens is 1. The zero-order valence-electron chi connectivity index (χ0n) is 19.0. The van der Waals surface area contributed by atoms with Crippen LogP contribution in [0.4, 0.5) is 0 Å². The first-order valence-electron chi connectivity index (χ1n) is 11.8. The van der Waals surface area contributed by atoms with E-state index in [-0.39, 0.29) is 12.4 Å². The number of pyridine rings is 1. The standard InChI is InChI=1S/C16H35N.C10H9N.ClH/c1-2-3-4-5-6-7-8-9-10-11-12-13-14-15-16-17;1-8-6-7-9-4-2-3-5-10(9)11-8;/h2-17H2,1H3;2-7H,1H3;1H. The van der Waals surface area contributed by atoms with E-state index in [0.29, 0.717) is 0 Å². The molecule has 0 aliphatic rings. The molecule has 2 nitrogen and oxygen atoms in total. The summed E-state index contributed by atoms with van der Waals surface area (Å²) in [5.74, 6) is 0. The van der Waals surface area contributed by atoms with E-state index < -0.39 is 0 Å². The van der Waals surface area contributed by atoms with Gasteiger partial charge < -0.3 is 5.73 Å². The van der Waals surface area contributed by atoms with E-state index in [1.165, 1.54) is 95.3 Å². The number of aromatic nitrogens is 1. The number of aryl methyl sites for hydroxylation is 1. The van der Waals surface area contributed by atoms with Crippen molar-refractivity contribution >= 4 is 23.3 Å². The normalized spacial score (nSPS) is 10.3. The first-order valence-corrected chi connectivity index (χ1v) is 11.8. The van der Waals surface area contributed by atoms with Crippen molar-refractivity contribution in [3.05, 3.63) is 42.1 Å². The maximum absolute atomic E-state index is 5.47. The Bertz CT molecular complexity index is 586. The summed E-state index contributed by atoms with van der Waals surface area (Å²) in [6.07, 6.45) is 19.9. The van der Waals surface area contributed by atoms with Crippen LogP contribution < -0.4 is 5.73 Å². The molecule has 1 aromatic carbocycles. The van der Waals surface area contributed by atoms with Crippen molar-refractivity contribution in [1.29, 1.82) is 0 Å². The highest BCUT2D eigenvalue weighted by atomic mass is 35.5. The zero-order chi connectivity index (χ0) is 20.3. The summed E-state index contributed by atoms with van der Waals surface area (Å²) in [6, 6.07) is 12.3. The molecular formula is C26H45ClN2. The molecule has 0 saturated carbocycles. The number of nitrogens with zero attached hydrogens (tertiary/aromatic N) is 1. The van der Waals surface area contributed by atoms with Gasteiger partial charge in [-0.1, -0.05) is 115 Å². The minimum absolute atomic E-state index is 0. The molecule has 0 saturated heterocycles. The van der Waals surface area contributed by atoms with Crippen LogP contribution in [-0.4, -0.2) is 11.5 Å². The number of nitrogens with two attached hydrogens (primary N) is 1. The van der Waals surface area contributed by atoms with E-state index in [9.17, 15) is 0 Å². The topological polar surface area (TPSA) is 38.9 Å². The number of unbranched alkanes of at least 4 members (excludes halogenated alkanes) is 13. The number of rotatable bonds is 14. The Hall–Kier alpha value is -1.12. The molecule has 0 amide bonds. The molecular weight excluding hydrogens is 376 g/mol. The summed E-state index contributed by atoms with van der Waals surface area (Å²) >= 11 is 0. The van der Waals surface area contributed by atoms with Gasteiger partial charge in [0.15, 0.2) is 0 Å². The molecule has 0 radical (unpaired) electrons. The van der Waals surface area contributed by atoms with Crippen LogP contribution in [0.3, 0.4) is 0 Å². The van der Waals surface area contributed by atoms with Gasteiger partial charge in [0.2, 0.25) is 0 Å². The molecule has 0 spiro atoms. The third-order valence-corrected chi connectivity index (χ3v) is 5.30. The predicted molar refractivity (Wildman–Crippen MR) is 133 cm³/mol. The van der Waals surface area contributed by atoms with Gasteiger partial charge in [0.1, 0.15) is 0 Å². The van der Waals surface area contributed by atoms with Crippen LogP contribution in [0.15, 0.2) is 36.4 Å². The van der Waals surface area contributed by atoms with Gasteiger partial charge in [-0.3, -0.25) is 4.98 Å². The Morgan fingerprint density at radius 1 is 0.655 bits per heavy atom. The van der Waals surface area contributed by atoms with Crippen LogP contribution in [0.25, 0.3) is 10.9 Å². The van der Waals surface area contributed by atoms with E-state index in [1.54, 1.807) is 0 Å². The molecule has 2 N–H and O–H groups in total. The average Bonchev–Trinajstić information content (AvgIpc) is 2.72. The molecule has 0 atom stereocenters. The Kier molecular flexibility index (Phi) is 19.4. The van der Waals surface area contributed by atoms with Gasteiger partial charge in [-0.25, -0.2) is 0 Å². The van der Waals surface area contributed by atoms with E-state index in [1.807, 2.05) is 31.2 Å². The average molecular weight is 421 g/mol. The van der Waals surface area contributed by atoms with Crippen molar-refractivity contribution < 1.29 is 0 Å². The summed E-state index contributed by atoms with van der Waals surface area (Å²) in [5, 5.41) is 1.21. The molecule has 2 aromatic rings. The van der Waals surface area contributed by atoms with Crippen molar-refractivity contribution in [2.45, 2.75) is 104 Å². The Morgan fingerprint density at radius 2 is 1.14 bits per heavy atom. The lowest BCUT2D eigenvalue weighted by atomic mass is 10.0. The number of hydrogen-bond donors (Lipinski definition) is 1. The van der Waals surface area contributed by atoms with Gasteiger partial charge in [-0.15, -0.1) is 12.4 Å². The molecule has 0 aliphatic heterocycles. The van der Waals surface area contributed by atoms with Crippen molar-refractivity contribution in [2.75, 3.05) is 6.54 Å². The monoisotopic (exact) mass is 420 g/mol. The number of hydrogen-bond acceptors (Lipinski definition) is 2. The zero-order valence-corrected chi connectivity index (χ0v) is 19.8. The van der Waals surface area contributed by atoms with Crippen LogP contribution >= 0.6 is 12.4 Å². The first kappa shape index (κ1) is 27.9. The number of para-hydroxylation sites is 1. The lowest BCUT2D eigenvalue weighted by Gasteiger charge is -2.02. The molecule has 3 heteroatoms. The van der Waals surface area contributed by atoms with Gasteiger partial charge >= 0.3 is 0 Å². The van der Waals surface area contributed by atoms with Crippen molar-refractivity contribution in [1.82, 2.24) is 4.98 Å². The summed E-state index contributed by atoms with van der Waals surface area (Å²) in [4.78, 5) is 4.38. The highest BCUT2D eigenvalue weighted by Crippen LogP contribution is 2.13. The largest absolute Gasteiger partial charge is 0.330 e. The van der Waals surface area contributed by atoms with E-state index in [4.69, 9.17) is 5.73 Å². The fraction of sp³-hybridized carbons (Fsp3) is 0.654. The van der Waals surface area contributed by atoms with Gasteiger partial charge in [0.25, 0.3) is 0 Å². The summed E-state index contributed by atoms with van der Waals surface area (Å²) < 4.78 is 0.